The van der Waals surface area contributed by atoms with E-state index in [2.05, 4.69) is 44.8 Å². The molecule has 1 saturated carbocycles. The van der Waals surface area contributed by atoms with Crippen LogP contribution >= 0.6 is 0 Å². The topological polar surface area (TPSA) is 15.3 Å². The van der Waals surface area contributed by atoms with Crippen LogP contribution in [0.4, 0.5) is 0 Å². The summed E-state index contributed by atoms with van der Waals surface area (Å²) in [6.07, 6.45) is 2.58. The lowest BCUT2D eigenvalue weighted by Crippen LogP contribution is -2.35. The quantitative estimate of drug-likeness (QED) is 0.789. The minimum atomic E-state index is 0.507. The van der Waals surface area contributed by atoms with Gasteiger partial charge in [0.15, 0.2) is 0 Å². The lowest BCUT2D eigenvalue weighted by Gasteiger charge is -2.19. The fourth-order valence-corrected chi connectivity index (χ4v) is 3.61. The second kappa shape index (κ2) is 3.99. The summed E-state index contributed by atoms with van der Waals surface area (Å²) in [5.41, 5.74) is 1.01. The number of likely N-dealkylation sites (tertiary alicyclic amines) is 1. The highest BCUT2D eigenvalue weighted by Crippen LogP contribution is 2.65. The van der Waals surface area contributed by atoms with E-state index >= 15 is 0 Å². The average Bonchev–Trinajstić information content (AvgIpc) is 2.56. The molecular weight excluding hydrogens is 196 g/mol. The van der Waals surface area contributed by atoms with Crippen LogP contribution in [0, 0.1) is 10.8 Å². The Balaban J connectivity index is 1.86. The molecule has 0 spiro atoms. The molecule has 1 heterocycles. The SMILES string of the molecule is CCCNC1CCN(C2C(C)(C)C2(C)C)C1. The number of hydrogen-bond acceptors (Lipinski definition) is 2. The second-order valence-corrected chi connectivity index (χ2v) is 6.78. The molecule has 1 unspecified atom stereocenters. The van der Waals surface area contributed by atoms with Gasteiger partial charge in [0.25, 0.3) is 0 Å². The zero-order chi connectivity index (χ0) is 12.0. The Hall–Kier alpha value is -0.0800. The van der Waals surface area contributed by atoms with Gasteiger partial charge in [-0.25, -0.2) is 0 Å². The van der Waals surface area contributed by atoms with Crippen molar-refractivity contribution in [2.45, 2.75) is 59.5 Å². The highest BCUT2D eigenvalue weighted by Gasteiger charge is 2.67. The molecule has 1 atom stereocenters. The normalized spacial score (nSPS) is 33.2. The van der Waals surface area contributed by atoms with Crippen LogP contribution in [0.25, 0.3) is 0 Å². The maximum atomic E-state index is 3.66. The van der Waals surface area contributed by atoms with Gasteiger partial charge in [0, 0.05) is 25.2 Å². The van der Waals surface area contributed by atoms with Crippen LogP contribution in [0.3, 0.4) is 0 Å². The monoisotopic (exact) mass is 224 g/mol. The average molecular weight is 224 g/mol. The zero-order valence-corrected chi connectivity index (χ0v) is 11.6. The molecule has 2 heteroatoms. The molecule has 2 aliphatic rings. The highest BCUT2D eigenvalue weighted by molar-refractivity contribution is 5.19. The van der Waals surface area contributed by atoms with E-state index in [1.165, 1.54) is 32.5 Å². The van der Waals surface area contributed by atoms with Crippen LogP contribution < -0.4 is 5.32 Å². The van der Waals surface area contributed by atoms with Gasteiger partial charge in [-0.05, 0) is 30.2 Å². The van der Waals surface area contributed by atoms with E-state index < -0.39 is 0 Å². The molecule has 2 nitrogen and oxygen atoms in total. The molecule has 2 rings (SSSR count). The number of nitrogens with one attached hydrogen (secondary N) is 1. The third kappa shape index (κ3) is 1.80. The molecule has 0 amide bonds. The first kappa shape index (κ1) is 12.4. The number of nitrogens with zero attached hydrogens (tertiary/aromatic N) is 1. The van der Waals surface area contributed by atoms with Crippen molar-refractivity contribution in [1.82, 2.24) is 10.2 Å². The molecule has 1 aliphatic carbocycles. The summed E-state index contributed by atoms with van der Waals surface area (Å²) in [7, 11) is 0. The summed E-state index contributed by atoms with van der Waals surface area (Å²) in [6.45, 7) is 15.7. The van der Waals surface area contributed by atoms with E-state index in [9.17, 15) is 0 Å². The van der Waals surface area contributed by atoms with E-state index in [4.69, 9.17) is 0 Å². The van der Waals surface area contributed by atoms with E-state index in [1.54, 1.807) is 0 Å². The molecule has 0 aromatic heterocycles. The van der Waals surface area contributed by atoms with Gasteiger partial charge in [-0.2, -0.15) is 0 Å². The maximum absolute atomic E-state index is 3.66. The fraction of sp³-hybridized carbons (Fsp3) is 1.00. The summed E-state index contributed by atoms with van der Waals surface area (Å²) < 4.78 is 0. The van der Waals surface area contributed by atoms with Crippen LogP contribution in [0.2, 0.25) is 0 Å². The molecule has 16 heavy (non-hydrogen) atoms. The Labute approximate surface area is 101 Å². The molecule has 94 valence electrons. The van der Waals surface area contributed by atoms with Crippen LogP contribution in [-0.2, 0) is 0 Å². The van der Waals surface area contributed by atoms with Crippen LogP contribution in [-0.4, -0.2) is 36.6 Å². The molecule has 1 aliphatic heterocycles. The standard InChI is InChI=1S/C14H28N2/c1-6-8-15-11-7-9-16(10-11)12-13(2,3)14(12,4)5/h11-12,15H,6-10H2,1-5H3. The first-order chi connectivity index (χ1) is 7.41. The van der Waals surface area contributed by atoms with Crippen LogP contribution in [0.5, 0.6) is 0 Å². The van der Waals surface area contributed by atoms with E-state index in [1.807, 2.05) is 0 Å². The molecule has 1 saturated heterocycles. The third-order valence-electron chi connectivity index (χ3n) is 5.21. The lowest BCUT2D eigenvalue weighted by atomic mass is 10.0. The van der Waals surface area contributed by atoms with Gasteiger partial charge in [-0.1, -0.05) is 34.6 Å². The minimum Gasteiger partial charge on any atom is -0.313 e. The van der Waals surface area contributed by atoms with Gasteiger partial charge < -0.3 is 5.32 Å². The second-order valence-electron chi connectivity index (χ2n) is 6.78. The number of hydrogen-bond donors (Lipinski definition) is 1. The number of rotatable bonds is 4. The molecule has 2 fully saturated rings. The third-order valence-corrected chi connectivity index (χ3v) is 5.21. The first-order valence-electron chi connectivity index (χ1n) is 6.88. The van der Waals surface area contributed by atoms with Gasteiger partial charge in [-0.3, -0.25) is 4.90 Å². The van der Waals surface area contributed by atoms with Crippen LogP contribution in [0.15, 0.2) is 0 Å². The van der Waals surface area contributed by atoms with E-state index in [0.717, 1.165) is 12.1 Å². The molecule has 0 bridgehead atoms. The molecule has 0 aromatic rings. The van der Waals surface area contributed by atoms with E-state index in [0.29, 0.717) is 10.8 Å². The summed E-state index contributed by atoms with van der Waals surface area (Å²) in [6, 6.07) is 1.54. The van der Waals surface area contributed by atoms with Crippen molar-refractivity contribution < 1.29 is 0 Å². The lowest BCUT2D eigenvalue weighted by molar-refractivity contribution is 0.271. The summed E-state index contributed by atoms with van der Waals surface area (Å²) >= 11 is 0. The smallest absolute Gasteiger partial charge is 0.0210 e. The molecule has 0 aromatic carbocycles. The fourth-order valence-electron chi connectivity index (χ4n) is 3.61. The van der Waals surface area contributed by atoms with Gasteiger partial charge in [0.05, 0.1) is 0 Å². The largest absolute Gasteiger partial charge is 0.313 e. The predicted molar refractivity (Wildman–Crippen MR) is 69.6 cm³/mol. The van der Waals surface area contributed by atoms with Crippen molar-refractivity contribution in [1.29, 1.82) is 0 Å². The Morgan fingerprint density at radius 1 is 1.19 bits per heavy atom. The maximum Gasteiger partial charge on any atom is 0.0210 e. The summed E-state index contributed by atoms with van der Waals surface area (Å²) in [4.78, 5) is 2.72. The van der Waals surface area contributed by atoms with Crippen molar-refractivity contribution >= 4 is 0 Å². The molecule has 0 radical (unpaired) electrons. The Morgan fingerprint density at radius 2 is 1.81 bits per heavy atom. The molecular formula is C14H28N2. The highest BCUT2D eigenvalue weighted by atomic mass is 15.3. The zero-order valence-electron chi connectivity index (χ0n) is 11.6. The van der Waals surface area contributed by atoms with Gasteiger partial charge in [0.2, 0.25) is 0 Å². The summed E-state index contributed by atoms with van der Waals surface area (Å²) in [5, 5.41) is 3.66. The Kier molecular flexibility index (Phi) is 3.09. The van der Waals surface area contributed by atoms with Gasteiger partial charge in [0.1, 0.15) is 0 Å². The van der Waals surface area contributed by atoms with Gasteiger partial charge >= 0.3 is 0 Å². The summed E-state index contributed by atoms with van der Waals surface area (Å²) in [5.74, 6) is 0. The minimum absolute atomic E-state index is 0.507. The first-order valence-corrected chi connectivity index (χ1v) is 6.88. The Bertz CT molecular complexity index is 243. The van der Waals surface area contributed by atoms with Crippen molar-refractivity contribution in [3.63, 3.8) is 0 Å². The van der Waals surface area contributed by atoms with Crippen molar-refractivity contribution in [2.75, 3.05) is 19.6 Å². The van der Waals surface area contributed by atoms with Crippen molar-refractivity contribution in [2.24, 2.45) is 10.8 Å². The van der Waals surface area contributed by atoms with Crippen molar-refractivity contribution in [3.8, 4) is 0 Å². The van der Waals surface area contributed by atoms with E-state index in [-0.39, 0.29) is 0 Å². The van der Waals surface area contributed by atoms with Crippen LogP contribution in [0.1, 0.15) is 47.5 Å². The van der Waals surface area contributed by atoms with Gasteiger partial charge in [-0.15, -0.1) is 0 Å². The van der Waals surface area contributed by atoms with Crippen molar-refractivity contribution in [3.05, 3.63) is 0 Å². The molecule has 1 N–H and O–H groups in total. The Morgan fingerprint density at radius 3 is 2.31 bits per heavy atom. The predicted octanol–water partition coefficient (Wildman–Crippen LogP) is 2.49.